The second-order valence-corrected chi connectivity index (χ2v) is 15.7. The second kappa shape index (κ2) is 38.4. The molecule has 0 saturated heterocycles. The molecule has 0 aromatic heterocycles. The first-order valence-electron chi connectivity index (χ1n) is 23.2. The van der Waals surface area contributed by atoms with Gasteiger partial charge in [0, 0.05) is 28.4 Å². The molecule has 2 radical (unpaired) electrons. The summed E-state index contributed by atoms with van der Waals surface area (Å²) in [6.07, 6.45) is 5.75. The number of hydrogen-bond acceptors (Lipinski definition) is 17. The number of para-hydroxylation sites is 4. The van der Waals surface area contributed by atoms with Crippen LogP contribution in [0.1, 0.15) is 69.3 Å². The Hall–Kier alpha value is -8.20. The number of amides is 1. The van der Waals surface area contributed by atoms with Gasteiger partial charge in [0.1, 0.15) is 11.5 Å². The van der Waals surface area contributed by atoms with Gasteiger partial charge in [0.25, 0.3) is 5.91 Å². The van der Waals surface area contributed by atoms with Crippen LogP contribution in [0.4, 0.5) is 11.4 Å². The van der Waals surface area contributed by atoms with E-state index in [4.69, 9.17) is 20.9 Å². The van der Waals surface area contributed by atoms with Crippen LogP contribution in [0.15, 0.2) is 215 Å². The molecule has 7 aromatic carbocycles. The molecule has 0 unspecified atom stereocenters. The number of rotatable bonds is 14. The molecule has 0 saturated carbocycles. The van der Waals surface area contributed by atoms with Gasteiger partial charge in [-0.1, -0.05) is 176 Å². The molecule has 0 aliphatic carbocycles. The summed E-state index contributed by atoms with van der Waals surface area (Å²) in [5.41, 5.74) is 17.2. The Morgan fingerprint density at radius 1 is 0.487 bits per heavy atom. The monoisotopic (exact) mass is 1380 g/mol. The van der Waals surface area contributed by atoms with E-state index in [1.165, 1.54) is 47.4 Å². The Labute approximate surface area is 524 Å². The molecule has 0 aliphatic rings. The molecule has 5 N–H and O–H groups in total. The van der Waals surface area contributed by atoms with Gasteiger partial charge in [-0.15, -0.1) is 5.76 Å². The van der Waals surface area contributed by atoms with E-state index in [1.807, 2.05) is 18.2 Å². The molecule has 0 bridgehead atoms. The Kier molecular flexibility index (Phi) is 33.5. The minimum Gasteiger partial charge on any atom is -0.876 e. The van der Waals surface area contributed by atoms with Gasteiger partial charge in [-0.25, -0.2) is 5.43 Å². The molecular weight excluding hydrogens is 1320 g/mol. The number of benzene rings is 7. The Balaban J connectivity index is 0.000000510. The molecular formula is C60H54Dy2N6O12. The van der Waals surface area contributed by atoms with Crippen LogP contribution in [0, 0.1) is 76.3 Å². The normalized spacial score (nSPS) is 10.9. The molecule has 0 spiro atoms. The molecule has 0 fully saturated rings. The van der Waals surface area contributed by atoms with Crippen molar-refractivity contribution in [3.8, 4) is 23.0 Å². The molecule has 0 heterocycles. The molecule has 1 amide bonds. The summed E-state index contributed by atoms with van der Waals surface area (Å²) >= 11 is 0. The average Bonchev–Trinajstić information content (AvgIpc) is 3.43. The third kappa shape index (κ3) is 25.5. The number of anilines is 2. The van der Waals surface area contributed by atoms with Crippen LogP contribution >= 0.6 is 0 Å². The van der Waals surface area contributed by atoms with Crippen molar-refractivity contribution in [2.75, 3.05) is 25.7 Å². The summed E-state index contributed by atoms with van der Waals surface area (Å²) in [6.45, 7) is 4.09. The number of ketones is 3. The van der Waals surface area contributed by atoms with Gasteiger partial charge in [-0.3, -0.25) is 19.2 Å². The predicted molar refractivity (Wildman–Crippen MR) is 291 cm³/mol. The number of nitrogen functional groups attached to an aromatic ring is 2. The second-order valence-electron chi connectivity index (χ2n) is 15.7. The van der Waals surface area contributed by atoms with Crippen molar-refractivity contribution in [1.82, 2.24) is 5.43 Å². The van der Waals surface area contributed by atoms with E-state index in [-0.39, 0.29) is 145 Å². The largest absolute Gasteiger partial charge is 3.00 e. The van der Waals surface area contributed by atoms with Crippen molar-refractivity contribution in [2.24, 2.45) is 15.3 Å². The summed E-state index contributed by atoms with van der Waals surface area (Å²) < 4.78 is 9.83. The molecule has 7 aromatic rings. The molecule has 0 atom stereocenters. The van der Waals surface area contributed by atoms with Crippen molar-refractivity contribution < 1.29 is 136 Å². The summed E-state index contributed by atoms with van der Waals surface area (Å²) in [7, 11) is 2.82. The Morgan fingerprint density at radius 3 is 1.27 bits per heavy atom. The van der Waals surface area contributed by atoms with E-state index in [9.17, 15) is 49.8 Å². The molecule has 0 aliphatic heterocycles. The van der Waals surface area contributed by atoms with Gasteiger partial charge in [-0.2, -0.15) is 15.3 Å². The zero-order chi connectivity index (χ0) is 57.4. The first-order chi connectivity index (χ1) is 37.4. The summed E-state index contributed by atoms with van der Waals surface area (Å²) in [6, 6.07) is 48.9. The number of allylic oxidation sites excluding steroid dienone is 4. The van der Waals surface area contributed by atoms with Crippen LogP contribution in [0.5, 0.6) is 23.0 Å². The van der Waals surface area contributed by atoms with Crippen LogP contribution in [0.3, 0.4) is 0 Å². The molecule has 20 heteroatoms. The van der Waals surface area contributed by atoms with E-state index in [0.717, 1.165) is 18.2 Å². The minimum atomic E-state index is -0.570. The van der Waals surface area contributed by atoms with Crippen LogP contribution in [0.2, 0.25) is 0 Å². The topological polar surface area (TPSA) is 326 Å². The van der Waals surface area contributed by atoms with Gasteiger partial charge < -0.3 is 51.6 Å². The zero-order valence-electron chi connectivity index (χ0n) is 43.7. The molecule has 7 rings (SSSR count). The van der Waals surface area contributed by atoms with Crippen molar-refractivity contribution in [2.45, 2.75) is 20.8 Å². The van der Waals surface area contributed by atoms with Crippen LogP contribution in [0.25, 0.3) is 11.5 Å². The maximum absolute atomic E-state index is 11.9. The maximum Gasteiger partial charge on any atom is 3.00 e. The summed E-state index contributed by atoms with van der Waals surface area (Å²) in [5.74, 6) is -2.55. The quantitative estimate of drug-likeness (QED) is 0.0253. The van der Waals surface area contributed by atoms with Crippen molar-refractivity contribution in [3.05, 3.63) is 239 Å². The molecule has 80 heavy (non-hydrogen) atoms. The van der Waals surface area contributed by atoms with Gasteiger partial charge >= 0.3 is 76.3 Å². The van der Waals surface area contributed by atoms with Crippen molar-refractivity contribution in [1.29, 1.82) is 0 Å². The van der Waals surface area contributed by atoms with E-state index in [1.54, 1.807) is 158 Å². The first-order valence-corrected chi connectivity index (χ1v) is 23.2. The van der Waals surface area contributed by atoms with E-state index < -0.39 is 11.8 Å². The number of nitrogens with zero attached hydrogens (tertiary/aromatic N) is 3. The molecule has 18 nitrogen and oxygen atoms in total. The zero-order valence-corrected chi connectivity index (χ0v) is 47.7. The van der Waals surface area contributed by atoms with E-state index >= 15 is 0 Å². The van der Waals surface area contributed by atoms with Crippen LogP contribution < -0.4 is 57.0 Å². The fourth-order valence-corrected chi connectivity index (χ4v) is 6.02. The number of nitrogens with one attached hydrogen (secondary N) is 1. The average molecular weight is 1380 g/mol. The maximum atomic E-state index is 11.9. The SMILES string of the molecule is C/C([O-])=C/C(=O)c1ccccc1.CC(=O)/C=C(\[O-])c1ccccc1.CC(=O)/C=C(\[O-])c1ccccc1.COc1cccc(/C=N/N=C(\[O-])c2ccccc2N)c1[O-].COc1cccc(/C=N/NC(=O)c2ccccc2N)c1[O-].[Dy+3].[Dy+3]. The van der Waals surface area contributed by atoms with Gasteiger partial charge in [0.2, 0.25) is 0 Å². The standard InChI is InChI=1S/2C15H15N3O3.3C10H10O2.2Dy/c2*1-21-13-8-4-5-10(14(13)19)9-17-18-15(20)11-6-2-3-7-12(11)16;3*1-8(11)7-10(12)9-5-3-2-4-6-9;;/h2*2-9,19H,16H2,1H3,(H,18,20);2*2-7,12H,1H3;2-7,11H,1H3;;/q;;;;;2*+3/p-6/b2*17-9+;2*10-7-;8-7-;;. The van der Waals surface area contributed by atoms with Crippen LogP contribution in [-0.4, -0.2) is 55.8 Å². The summed E-state index contributed by atoms with van der Waals surface area (Å²) in [4.78, 5) is 44.1. The Bertz CT molecular complexity index is 3210. The molecule has 416 valence electrons. The fourth-order valence-electron chi connectivity index (χ4n) is 6.02. The van der Waals surface area contributed by atoms with Crippen molar-refractivity contribution >= 4 is 64.5 Å². The van der Waals surface area contributed by atoms with E-state index in [2.05, 4.69) is 20.7 Å². The van der Waals surface area contributed by atoms with Crippen LogP contribution in [-0.2, 0) is 9.59 Å². The number of hydrazone groups is 1. The smallest absolute Gasteiger partial charge is 0.876 e. The third-order valence-electron chi connectivity index (χ3n) is 9.75. The van der Waals surface area contributed by atoms with Gasteiger partial charge in [-0.05, 0) is 84.7 Å². The first kappa shape index (κ1) is 69.8. The van der Waals surface area contributed by atoms with Gasteiger partial charge in [0.05, 0.1) is 32.2 Å². The number of carbonyl (C=O) groups is 4. The number of carbonyl (C=O) groups excluding carboxylic acids is 4. The number of nitrogens with two attached hydrogens (primary N) is 2. The van der Waals surface area contributed by atoms with Crippen molar-refractivity contribution in [3.63, 3.8) is 0 Å². The predicted octanol–water partition coefficient (Wildman–Crippen LogP) is 4.69. The Morgan fingerprint density at radius 2 is 0.875 bits per heavy atom. The number of methoxy groups -OCH3 is 2. The van der Waals surface area contributed by atoms with E-state index in [0.29, 0.717) is 39.2 Å². The number of ether oxygens (including phenoxy) is 2. The summed E-state index contributed by atoms with van der Waals surface area (Å²) in [5, 5.41) is 79.3. The number of hydrogen-bond donors (Lipinski definition) is 3. The third-order valence-corrected chi connectivity index (χ3v) is 9.75. The minimum absolute atomic E-state index is 0. The van der Waals surface area contributed by atoms with Gasteiger partial charge in [0.15, 0.2) is 17.3 Å². The fraction of sp³-hybridized carbons (Fsp3) is 0.0833.